The minimum atomic E-state index is 0.177. The molecule has 1 saturated heterocycles. The maximum Gasteiger partial charge on any atom is 0.241 e. The number of aryl methyl sites for hydroxylation is 1. The minimum Gasteiger partial charge on any atom is -0.314 e. The molecule has 1 aromatic carbocycles. The van der Waals surface area contributed by atoms with Crippen molar-refractivity contribution in [3.05, 3.63) is 42.0 Å². The molecule has 0 spiro atoms. The molecule has 27 heavy (non-hydrogen) atoms. The SMILES string of the molecule is CCN(C(=O)CN1CCCC(c2nncn2C2CC2)C1)c1ccccc1C. The van der Waals surface area contributed by atoms with Crippen molar-refractivity contribution in [2.24, 2.45) is 0 Å². The van der Waals surface area contributed by atoms with Crippen LogP contribution in [0.1, 0.15) is 56.0 Å². The first kappa shape index (κ1) is 18.2. The molecule has 2 aliphatic rings. The summed E-state index contributed by atoms with van der Waals surface area (Å²) in [5.41, 5.74) is 2.16. The molecule has 4 rings (SSSR count). The summed E-state index contributed by atoms with van der Waals surface area (Å²) in [5, 5.41) is 8.57. The van der Waals surface area contributed by atoms with Crippen molar-refractivity contribution in [2.75, 3.05) is 31.1 Å². The first-order chi connectivity index (χ1) is 13.2. The molecule has 2 aromatic rings. The van der Waals surface area contributed by atoms with Gasteiger partial charge in [0.2, 0.25) is 5.91 Å². The standard InChI is InChI=1S/C21H29N5O/c1-3-25(19-9-5-4-7-16(19)2)20(27)14-24-12-6-8-17(13-24)21-23-22-15-26(21)18-10-11-18/h4-5,7,9,15,17-18H,3,6,8,10-14H2,1-2H3. The third-order valence-electron chi connectivity index (χ3n) is 5.79. The Labute approximate surface area is 161 Å². The summed E-state index contributed by atoms with van der Waals surface area (Å²) >= 11 is 0. The summed E-state index contributed by atoms with van der Waals surface area (Å²) in [5.74, 6) is 1.67. The summed E-state index contributed by atoms with van der Waals surface area (Å²) in [7, 11) is 0. The van der Waals surface area contributed by atoms with Crippen LogP contribution in [0.15, 0.2) is 30.6 Å². The fraction of sp³-hybridized carbons (Fsp3) is 0.571. The van der Waals surface area contributed by atoms with Gasteiger partial charge in [-0.3, -0.25) is 9.69 Å². The average Bonchev–Trinajstić information content (AvgIpc) is 3.40. The lowest BCUT2D eigenvalue weighted by Gasteiger charge is -2.33. The molecule has 1 saturated carbocycles. The van der Waals surface area contributed by atoms with Crippen molar-refractivity contribution in [1.82, 2.24) is 19.7 Å². The fourth-order valence-electron chi connectivity index (χ4n) is 4.21. The van der Waals surface area contributed by atoms with Gasteiger partial charge in [0.05, 0.1) is 6.54 Å². The van der Waals surface area contributed by atoms with Crippen molar-refractivity contribution in [2.45, 2.75) is 51.5 Å². The topological polar surface area (TPSA) is 54.3 Å². The van der Waals surface area contributed by atoms with E-state index in [0.29, 0.717) is 25.0 Å². The summed E-state index contributed by atoms with van der Waals surface area (Å²) in [6, 6.07) is 8.71. The Morgan fingerprint density at radius 3 is 2.81 bits per heavy atom. The van der Waals surface area contributed by atoms with Crippen LogP contribution in [-0.2, 0) is 4.79 Å². The predicted octanol–water partition coefficient (Wildman–Crippen LogP) is 3.15. The largest absolute Gasteiger partial charge is 0.314 e. The zero-order valence-corrected chi connectivity index (χ0v) is 16.3. The van der Waals surface area contributed by atoms with Crippen molar-refractivity contribution < 1.29 is 4.79 Å². The molecule has 0 radical (unpaired) electrons. The van der Waals surface area contributed by atoms with E-state index >= 15 is 0 Å². The quantitative estimate of drug-likeness (QED) is 0.787. The number of para-hydroxylation sites is 1. The first-order valence-electron chi connectivity index (χ1n) is 10.1. The maximum absolute atomic E-state index is 13.0. The number of hydrogen-bond donors (Lipinski definition) is 0. The van der Waals surface area contributed by atoms with E-state index in [9.17, 15) is 4.79 Å². The zero-order chi connectivity index (χ0) is 18.8. The summed E-state index contributed by atoms with van der Waals surface area (Å²) in [4.78, 5) is 17.2. The Hall–Kier alpha value is -2.21. The molecule has 1 unspecified atom stereocenters. The normalized spacial score (nSPS) is 20.6. The lowest BCUT2D eigenvalue weighted by atomic mass is 9.97. The number of piperidine rings is 1. The highest BCUT2D eigenvalue weighted by Gasteiger charge is 2.32. The van der Waals surface area contributed by atoms with Crippen LogP contribution in [0.2, 0.25) is 0 Å². The number of carbonyl (C=O) groups excluding carboxylic acids is 1. The predicted molar refractivity (Wildman–Crippen MR) is 106 cm³/mol. The second kappa shape index (κ2) is 7.80. The van der Waals surface area contributed by atoms with E-state index in [2.05, 4.69) is 32.7 Å². The third kappa shape index (κ3) is 3.90. The van der Waals surface area contributed by atoms with E-state index in [-0.39, 0.29) is 5.91 Å². The van der Waals surface area contributed by atoms with Gasteiger partial charge in [0.1, 0.15) is 12.2 Å². The minimum absolute atomic E-state index is 0.177. The van der Waals surface area contributed by atoms with Gasteiger partial charge in [-0.05, 0) is 57.7 Å². The number of benzene rings is 1. The van der Waals surface area contributed by atoms with Crippen molar-refractivity contribution in [3.8, 4) is 0 Å². The molecule has 144 valence electrons. The number of aromatic nitrogens is 3. The molecule has 2 fully saturated rings. The van der Waals surface area contributed by atoms with Crippen LogP contribution < -0.4 is 4.90 Å². The Kier molecular flexibility index (Phi) is 5.25. The second-order valence-corrected chi connectivity index (χ2v) is 7.83. The van der Waals surface area contributed by atoms with Gasteiger partial charge in [0.25, 0.3) is 0 Å². The van der Waals surface area contributed by atoms with Crippen LogP contribution >= 0.6 is 0 Å². The van der Waals surface area contributed by atoms with Gasteiger partial charge < -0.3 is 9.47 Å². The smallest absolute Gasteiger partial charge is 0.241 e. The molecule has 1 atom stereocenters. The number of carbonyl (C=O) groups is 1. The number of hydrogen-bond acceptors (Lipinski definition) is 4. The van der Waals surface area contributed by atoms with E-state index in [4.69, 9.17) is 0 Å². The molecule has 1 aliphatic carbocycles. The summed E-state index contributed by atoms with van der Waals surface area (Å²) in [6.45, 7) is 7.13. The molecule has 6 nitrogen and oxygen atoms in total. The monoisotopic (exact) mass is 367 g/mol. The molecule has 6 heteroatoms. The van der Waals surface area contributed by atoms with Gasteiger partial charge in [-0.2, -0.15) is 0 Å². The van der Waals surface area contributed by atoms with Gasteiger partial charge in [-0.1, -0.05) is 18.2 Å². The van der Waals surface area contributed by atoms with Gasteiger partial charge in [0, 0.05) is 30.7 Å². The third-order valence-corrected chi connectivity index (χ3v) is 5.79. The van der Waals surface area contributed by atoms with Crippen LogP contribution in [-0.4, -0.2) is 51.8 Å². The molecular formula is C21H29N5O. The fourth-order valence-corrected chi connectivity index (χ4v) is 4.21. The Bertz CT molecular complexity index is 797. The lowest BCUT2D eigenvalue weighted by Crippen LogP contribution is -2.44. The number of nitrogens with zero attached hydrogens (tertiary/aromatic N) is 5. The Morgan fingerprint density at radius 2 is 2.07 bits per heavy atom. The van der Waals surface area contributed by atoms with E-state index < -0.39 is 0 Å². The molecule has 1 amide bonds. The molecule has 0 N–H and O–H groups in total. The van der Waals surface area contributed by atoms with Crippen LogP contribution in [0.25, 0.3) is 0 Å². The first-order valence-corrected chi connectivity index (χ1v) is 10.1. The van der Waals surface area contributed by atoms with Crippen molar-refractivity contribution in [3.63, 3.8) is 0 Å². The Balaban J connectivity index is 1.43. The highest BCUT2D eigenvalue weighted by atomic mass is 16.2. The van der Waals surface area contributed by atoms with Gasteiger partial charge >= 0.3 is 0 Å². The molecule has 2 heterocycles. The Morgan fingerprint density at radius 1 is 1.26 bits per heavy atom. The molecular weight excluding hydrogens is 338 g/mol. The lowest BCUT2D eigenvalue weighted by molar-refractivity contribution is -0.120. The van der Waals surface area contributed by atoms with Gasteiger partial charge in [-0.15, -0.1) is 10.2 Å². The molecule has 1 aliphatic heterocycles. The maximum atomic E-state index is 13.0. The zero-order valence-electron chi connectivity index (χ0n) is 16.3. The van der Waals surface area contributed by atoms with E-state index in [0.717, 1.165) is 43.0 Å². The number of likely N-dealkylation sites (tertiary alicyclic amines) is 1. The van der Waals surface area contributed by atoms with Gasteiger partial charge in [-0.25, -0.2) is 0 Å². The van der Waals surface area contributed by atoms with Crippen molar-refractivity contribution in [1.29, 1.82) is 0 Å². The highest BCUT2D eigenvalue weighted by molar-refractivity contribution is 5.95. The number of anilines is 1. The number of rotatable bonds is 6. The molecule has 0 bridgehead atoms. The van der Waals surface area contributed by atoms with E-state index in [1.54, 1.807) is 0 Å². The molecule has 1 aromatic heterocycles. The van der Waals surface area contributed by atoms with Crippen LogP contribution in [0, 0.1) is 6.92 Å². The average molecular weight is 367 g/mol. The summed E-state index contributed by atoms with van der Waals surface area (Å²) in [6.07, 6.45) is 6.59. The second-order valence-electron chi connectivity index (χ2n) is 7.83. The van der Waals surface area contributed by atoms with Crippen molar-refractivity contribution >= 4 is 11.6 Å². The van der Waals surface area contributed by atoms with Gasteiger partial charge in [0.15, 0.2) is 0 Å². The van der Waals surface area contributed by atoms with Crippen LogP contribution in [0.5, 0.6) is 0 Å². The number of amides is 1. The van der Waals surface area contributed by atoms with E-state index in [1.165, 1.54) is 12.8 Å². The van der Waals surface area contributed by atoms with E-state index in [1.807, 2.05) is 36.4 Å². The summed E-state index contributed by atoms with van der Waals surface area (Å²) < 4.78 is 2.27. The van der Waals surface area contributed by atoms with Crippen LogP contribution in [0.3, 0.4) is 0 Å². The highest BCUT2D eigenvalue weighted by Crippen LogP contribution is 2.38. The van der Waals surface area contributed by atoms with Crippen LogP contribution in [0.4, 0.5) is 5.69 Å². The number of likely N-dealkylation sites (N-methyl/N-ethyl adjacent to an activating group) is 1.